The van der Waals surface area contributed by atoms with E-state index in [4.69, 9.17) is 5.21 Å². The van der Waals surface area contributed by atoms with Gasteiger partial charge in [0, 0.05) is 10.2 Å². The second-order valence-electron chi connectivity index (χ2n) is 4.27. The Morgan fingerprint density at radius 2 is 1.83 bits per heavy atom. The Morgan fingerprint density at radius 3 is 2.38 bits per heavy atom. The van der Waals surface area contributed by atoms with E-state index in [1.54, 1.807) is 31.2 Å². The fourth-order valence-electron chi connectivity index (χ4n) is 1.42. The van der Waals surface area contributed by atoms with E-state index in [0.29, 0.717) is 5.69 Å². The Labute approximate surface area is 145 Å². The number of benzene rings is 1. The molecule has 1 aromatic rings. The lowest BCUT2D eigenvalue weighted by molar-refractivity contribution is -0.136. The van der Waals surface area contributed by atoms with E-state index in [1.807, 2.05) is 5.43 Å². The smallest absolute Gasteiger partial charge is 0.362 e. The van der Waals surface area contributed by atoms with Gasteiger partial charge in [-0.05, 0) is 38.1 Å². The van der Waals surface area contributed by atoms with Gasteiger partial charge in [0.1, 0.15) is 0 Å². The average Bonchev–Trinajstić information content (AvgIpc) is 2.55. The Kier molecular flexibility index (Phi) is 7.56. The summed E-state index contributed by atoms with van der Waals surface area (Å²) >= 11 is 3.25. The SMILES string of the molecule is CCOC(=O)C(=N\O)/C(C)=N/NC(=O)C(=O)Nc1ccc(Br)cc1. The lowest BCUT2D eigenvalue weighted by Gasteiger charge is -2.05. The van der Waals surface area contributed by atoms with E-state index < -0.39 is 23.5 Å². The van der Waals surface area contributed by atoms with Crippen LogP contribution in [0.25, 0.3) is 0 Å². The lowest BCUT2D eigenvalue weighted by Crippen LogP contribution is -2.34. The number of halogens is 1. The second kappa shape index (κ2) is 9.40. The molecule has 3 N–H and O–H groups in total. The van der Waals surface area contributed by atoms with E-state index >= 15 is 0 Å². The Bertz CT molecular complexity index is 685. The molecule has 0 spiro atoms. The molecule has 1 aromatic carbocycles. The number of nitrogens with one attached hydrogen (secondary N) is 2. The minimum atomic E-state index is -1.06. The third kappa shape index (κ3) is 5.80. The highest BCUT2D eigenvalue weighted by molar-refractivity contribution is 9.10. The normalized spacial score (nSPS) is 11.6. The standard InChI is InChI=1S/C14H15BrN4O5/c1-3-24-14(22)11(19-23)8(2)17-18-13(21)12(20)16-10-6-4-9(15)5-7-10/h4-7,23H,3H2,1-2H3,(H,16,20)(H,18,21)/b17-8+,19-11-. The Morgan fingerprint density at radius 1 is 1.21 bits per heavy atom. The van der Waals surface area contributed by atoms with Crippen LogP contribution >= 0.6 is 15.9 Å². The number of nitrogens with zero attached hydrogens (tertiary/aromatic N) is 2. The molecule has 1 rings (SSSR count). The van der Waals surface area contributed by atoms with Crippen LogP contribution in [-0.4, -0.2) is 41.0 Å². The summed E-state index contributed by atoms with van der Waals surface area (Å²) in [4.78, 5) is 34.9. The van der Waals surface area contributed by atoms with Crippen LogP contribution in [0, 0.1) is 0 Å². The molecule has 128 valence electrons. The van der Waals surface area contributed by atoms with Crippen molar-refractivity contribution >= 4 is 50.8 Å². The van der Waals surface area contributed by atoms with Crippen molar-refractivity contribution in [1.82, 2.24) is 5.43 Å². The van der Waals surface area contributed by atoms with E-state index in [0.717, 1.165) is 4.47 Å². The van der Waals surface area contributed by atoms with E-state index in [2.05, 4.69) is 36.2 Å². The molecule has 0 aromatic heterocycles. The maximum absolute atomic E-state index is 11.7. The molecule has 0 saturated carbocycles. The van der Waals surface area contributed by atoms with Crippen LogP contribution in [0.3, 0.4) is 0 Å². The molecule has 0 atom stereocenters. The first kappa shape index (κ1) is 19.3. The molecular formula is C14H15BrN4O5. The van der Waals surface area contributed by atoms with Crippen LogP contribution in [-0.2, 0) is 19.1 Å². The first-order chi connectivity index (χ1) is 11.4. The average molecular weight is 399 g/mol. The third-order valence-electron chi connectivity index (χ3n) is 2.54. The van der Waals surface area contributed by atoms with Crippen molar-refractivity contribution < 1.29 is 24.3 Å². The lowest BCUT2D eigenvalue weighted by atomic mass is 10.2. The number of amides is 2. The molecule has 0 aliphatic heterocycles. The molecular weight excluding hydrogens is 384 g/mol. The van der Waals surface area contributed by atoms with Crippen molar-refractivity contribution in [3.63, 3.8) is 0 Å². The Balaban J connectivity index is 2.67. The minimum Gasteiger partial charge on any atom is -0.461 e. The van der Waals surface area contributed by atoms with Gasteiger partial charge in [-0.2, -0.15) is 5.10 Å². The van der Waals surface area contributed by atoms with Crippen LogP contribution in [0.5, 0.6) is 0 Å². The zero-order valence-electron chi connectivity index (χ0n) is 12.9. The number of carbonyl (C=O) groups is 3. The number of esters is 1. The van der Waals surface area contributed by atoms with Crippen molar-refractivity contribution in [1.29, 1.82) is 0 Å². The van der Waals surface area contributed by atoms with E-state index in [9.17, 15) is 14.4 Å². The van der Waals surface area contributed by atoms with Gasteiger partial charge in [-0.3, -0.25) is 9.59 Å². The molecule has 0 radical (unpaired) electrons. The zero-order chi connectivity index (χ0) is 18.1. The van der Waals surface area contributed by atoms with Crippen LogP contribution in [0.4, 0.5) is 5.69 Å². The van der Waals surface area contributed by atoms with Gasteiger partial charge in [0.15, 0.2) is 0 Å². The van der Waals surface area contributed by atoms with Crippen LogP contribution in [0.1, 0.15) is 13.8 Å². The predicted octanol–water partition coefficient (Wildman–Crippen LogP) is 1.27. The zero-order valence-corrected chi connectivity index (χ0v) is 14.5. The monoisotopic (exact) mass is 398 g/mol. The molecule has 2 amide bonds. The largest absolute Gasteiger partial charge is 0.461 e. The summed E-state index contributed by atoms with van der Waals surface area (Å²) < 4.78 is 5.47. The van der Waals surface area contributed by atoms with Gasteiger partial charge in [-0.25, -0.2) is 10.2 Å². The molecule has 0 heterocycles. The van der Waals surface area contributed by atoms with Crippen molar-refractivity contribution in [3.05, 3.63) is 28.7 Å². The summed E-state index contributed by atoms with van der Waals surface area (Å²) in [5.74, 6) is -2.92. The summed E-state index contributed by atoms with van der Waals surface area (Å²) in [6.45, 7) is 2.96. The number of ether oxygens (including phenoxy) is 1. The van der Waals surface area contributed by atoms with Crippen LogP contribution in [0.15, 0.2) is 39.0 Å². The van der Waals surface area contributed by atoms with Crippen LogP contribution in [0.2, 0.25) is 0 Å². The molecule has 0 aliphatic rings. The van der Waals surface area contributed by atoms with Gasteiger partial charge in [0.25, 0.3) is 0 Å². The molecule has 10 heteroatoms. The Hall–Kier alpha value is -2.75. The number of oxime groups is 1. The number of rotatable bonds is 5. The number of carbonyl (C=O) groups excluding carboxylic acids is 3. The second-order valence-corrected chi connectivity index (χ2v) is 5.18. The molecule has 24 heavy (non-hydrogen) atoms. The highest BCUT2D eigenvalue weighted by Crippen LogP contribution is 2.13. The van der Waals surface area contributed by atoms with Crippen molar-refractivity contribution in [3.8, 4) is 0 Å². The topological polar surface area (TPSA) is 129 Å². The molecule has 0 saturated heterocycles. The van der Waals surface area contributed by atoms with E-state index in [1.165, 1.54) is 6.92 Å². The highest BCUT2D eigenvalue weighted by atomic mass is 79.9. The molecule has 0 unspecified atom stereocenters. The third-order valence-corrected chi connectivity index (χ3v) is 3.07. The van der Waals surface area contributed by atoms with Crippen molar-refractivity contribution in [2.24, 2.45) is 10.3 Å². The van der Waals surface area contributed by atoms with Gasteiger partial charge in [0.2, 0.25) is 5.71 Å². The summed E-state index contributed by atoms with van der Waals surface area (Å²) in [7, 11) is 0. The van der Waals surface area contributed by atoms with Gasteiger partial charge in [0.05, 0.1) is 12.3 Å². The number of hydrazone groups is 1. The van der Waals surface area contributed by atoms with Gasteiger partial charge in [-0.15, -0.1) is 0 Å². The number of hydrogen-bond donors (Lipinski definition) is 3. The van der Waals surface area contributed by atoms with Gasteiger partial charge in [-0.1, -0.05) is 21.1 Å². The van der Waals surface area contributed by atoms with Gasteiger partial charge < -0.3 is 15.3 Å². The van der Waals surface area contributed by atoms with E-state index in [-0.39, 0.29) is 12.3 Å². The molecule has 0 bridgehead atoms. The maximum Gasteiger partial charge on any atom is 0.362 e. The summed E-state index contributed by atoms with van der Waals surface area (Å²) in [5.41, 5.74) is 1.77. The summed E-state index contributed by atoms with van der Waals surface area (Å²) in [6, 6.07) is 6.58. The van der Waals surface area contributed by atoms with Crippen LogP contribution < -0.4 is 10.7 Å². The van der Waals surface area contributed by atoms with Crippen molar-refractivity contribution in [2.45, 2.75) is 13.8 Å². The maximum atomic E-state index is 11.7. The molecule has 0 fully saturated rings. The highest BCUT2D eigenvalue weighted by Gasteiger charge is 2.19. The first-order valence-electron chi connectivity index (χ1n) is 6.69. The van der Waals surface area contributed by atoms with Crippen molar-refractivity contribution in [2.75, 3.05) is 11.9 Å². The minimum absolute atomic E-state index is 0.0765. The number of hydrogen-bond acceptors (Lipinski definition) is 7. The first-order valence-corrected chi connectivity index (χ1v) is 7.49. The molecule has 9 nitrogen and oxygen atoms in total. The summed E-state index contributed by atoms with van der Waals surface area (Å²) in [6.07, 6.45) is 0. The fourth-order valence-corrected chi connectivity index (χ4v) is 1.68. The van der Waals surface area contributed by atoms with Gasteiger partial charge >= 0.3 is 17.8 Å². The number of anilines is 1. The molecule has 0 aliphatic carbocycles. The quantitative estimate of drug-likeness (QED) is 0.226. The summed E-state index contributed by atoms with van der Waals surface area (Å²) in [5, 5.41) is 17.5. The predicted molar refractivity (Wildman–Crippen MR) is 89.9 cm³/mol. The fraction of sp³-hybridized carbons (Fsp3) is 0.214.